The van der Waals surface area contributed by atoms with E-state index in [4.69, 9.17) is 5.73 Å². The molecular weight excluding hydrogens is 264 g/mol. The summed E-state index contributed by atoms with van der Waals surface area (Å²) in [4.78, 5) is 12.2. The van der Waals surface area contributed by atoms with E-state index in [2.05, 4.69) is 27.6 Å². The summed E-state index contributed by atoms with van der Waals surface area (Å²) in [5.41, 5.74) is 9.92. The first-order valence-electron chi connectivity index (χ1n) is 7.35. The number of amides is 1. The van der Waals surface area contributed by atoms with Crippen LogP contribution in [0, 0.1) is 5.92 Å². The van der Waals surface area contributed by atoms with E-state index >= 15 is 0 Å². The molecule has 1 aromatic carbocycles. The minimum absolute atomic E-state index is 0.00556. The lowest BCUT2D eigenvalue weighted by atomic mass is 9.95. The minimum atomic E-state index is -0.0299. The first-order valence-corrected chi connectivity index (χ1v) is 7.35. The van der Waals surface area contributed by atoms with Crippen LogP contribution in [-0.2, 0) is 4.79 Å². The Labute approximate surface area is 123 Å². The van der Waals surface area contributed by atoms with Gasteiger partial charge in [0.05, 0.1) is 17.6 Å². The van der Waals surface area contributed by atoms with E-state index < -0.39 is 0 Å². The third-order valence-electron chi connectivity index (χ3n) is 4.10. The lowest BCUT2D eigenvalue weighted by Crippen LogP contribution is -2.21. The highest BCUT2D eigenvalue weighted by molar-refractivity contribution is 5.95. The van der Waals surface area contributed by atoms with Crippen LogP contribution < -0.4 is 11.1 Å². The Hall–Kier alpha value is -2.14. The Morgan fingerprint density at radius 1 is 1.33 bits per heavy atom. The van der Waals surface area contributed by atoms with Crippen molar-refractivity contribution in [3.63, 3.8) is 0 Å². The second-order valence-corrected chi connectivity index (χ2v) is 5.71. The molecule has 5 heteroatoms. The molecule has 2 aromatic rings. The maximum absolute atomic E-state index is 12.2. The van der Waals surface area contributed by atoms with E-state index in [1.54, 1.807) is 6.20 Å². The standard InChI is InChI=1S/C16H20N4O/c1-10-4-2-7-13(17)11-5-3-6-12(8-11)15-14(9-18-20-15)19-16(10)21/h3,5-6,8-10,13H,2,4,7,17H2,1H3,(H,18,20)(H,19,21)/t10-,13+/m1/s1. The van der Waals surface area contributed by atoms with Gasteiger partial charge in [-0.05, 0) is 24.5 Å². The Bertz CT molecular complexity index is 649. The van der Waals surface area contributed by atoms with Gasteiger partial charge in [-0.1, -0.05) is 31.5 Å². The number of nitrogens with one attached hydrogen (secondary N) is 2. The number of fused-ring (bicyclic) bond motifs is 4. The van der Waals surface area contributed by atoms with Crippen molar-refractivity contribution in [3.05, 3.63) is 36.0 Å². The maximum Gasteiger partial charge on any atom is 0.227 e. The molecule has 0 spiro atoms. The first-order chi connectivity index (χ1) is 10.1. The van der Waals surface area contributed by atoms with Crippen molar-refractivity contribution in [2.75, 3.05) is 5.32 Å². The first kappa shape index (κ1) is 13.8. The molecule has 1 aliphatic rings. The van der Waals surface area contributed by atoms with Crippen LogP contribution in [0.2, 0.25) is 0 Å². The van der Waals surface area contributed by atoms with Crippen molar-refractivity contribution in [3.8, 4) is 11.3 Å². The van der Waals surface area contributed by atoms with E-state index in [-0.39, 0.29) is 17.9 Å². The van der Waals surface area contributed by atoms with Gasteiger partial charge in [-0.3, -0.25) is 9.89 Å². The topological polar surface area (TPSA) is 83.8 Å². The highest BCUT2D eigenvalue weighted by Gasteiger charge is 2.18. The Morgan fingerprint density at radius 2 is 2.19 bits per heavy atom. The van der Waals surface area contributed by atoms with Gasteiger partial charge in [0.15, 0.2) is 0 Å². The summed E-state index contributed by atoms with van der Waals surface area (Å²) in [5, 5.41) is 9.98. The number of anilines is 1. The number of nitrogens with two attached hydrogens (primary N) is 1. The Kier molecular flexibility index (Phi) is 3.75. The minimum Gasteiger partial charge on any atom is -0.324 e. The summed E-state index contributed by atoms with van der Waals surface area (Å²) in [6.07, 6.45) is 4.32. The number of nitrogens with zero attached hydrogens (tertiary/aromatic N) is 1. The number of carbonyl (C=O) groups excluding carboxylic acids is 1. The fourth-order valence-electron chi connectivity index (χ4n) is 2.72. The van der Waals surface area contributed by atoms with Gasteiger partial charge in [-0.25, -0.2) is 0 Å². The molecule has 0 saturated carbocycles. The predicted octanol–water partition coefficient (Wildman–Crippen LogP) is 2.83. The molecule has 0 unspecified atom stereocenters. The number of H-pyrrole nitrogens is 1. The zero-order valence-corrected chi connectivity index (χ0v) is 12.1. The molecule has 5 nitrogen and oxygen atoms in total. The van der Waals surface area contributed by atoms with Crippen LogP contribution in [0.25, 0.3) is 11.3 Å². The summed E-state index contributed by atoms with van der Waals surface area (Å²) in [6.45, 7) is 1.95. The molecule has 1 aliphatic heterocycles. The van der Waals surface area contributed by atoms with Gasteiger partial charge in [0, 0.05) is 17.5 Å². The third kappa shape index (κ3) is 2.83. The van der Waals surface area contributed by atoms with E-state index in [1.165, 1.54) is 0 Å². The lowest BCUT2D eigenvalue weighted by Gasteiger charge is -2.17. The molecule has 110 valence electrons. The fraction of sp³-hybridized carbons (Fsp3) is 0.375. The van der Waals surface area contributed by atoms with Crippen LogP contribution >= 0.6 is 0 Å². The van der Waals surface area contributed by atoms with E-state index in [9.17, 15) is 4.79 Å². The molecule has 0 fully saturated rings. The molecule has 3 rings (SSSR count). The Morgan fingerprint density at radius 3 is 3.05 bits per heavy atom. The summed E-state index contributed by atoms with van der Waals surface area (Å²) >= 11 is 0. The SMILES string of the molecule is C[C@@H]1CCC[C@H](N)c2cccc(c2)-c2[nH]ncc2NC1=O. The van der Waals surface area contributed by atoms with Crippen LogP contribution in [0.5, 0.6) is 0 Å². The maximum atomic E-state index is 12.2. The molecule has 2 bridgehead atoms. The Balaban J connectivity index is 2.05. The van der Waals surface area contributed by atoms with Gasteiger partial charge in [0.1, 0.15) is 0 Å². The van der Waals surface area contributed by atoms with E-state index in [0.717, 1.165) is 41.8 Å². The number of carbonyl (C=O) groups is 1. The summed E-state index contributed by atoms with van der Waals surface area (Å²) in [7, 11) is 0. The summed E-state index contributed by atoms with van der Waals surface area (Å²) < 4.78 is 0. The fourth-order valence-corrected chi connectivity index (χ4v) is 2.72. The molecule has 0 aliphatic carbocycles. The van der Waals surface area contributed by atoms with Crippen LogP contribution in [0.3, 0.4) is 0 Å². The largest absolute Gasteiger partial charge is 0.324 e. The van der Waals surface area contributed by atoms with Gasteiger partial charge >= 0.3 is 0 Å². The number of hydrogen-bond acceptors (Lipinski definition) is 3. The highest BCUT2D eigenvalue weighted by atomic mass is 16.1. The predicted molar refractivity (Wildman–Crippen MR) is 82.6 cm³/mol. The lowest BCUT2D eigenvalue weighted by molar-refractivity contribution is -0.119. The van der Waals surface area contributed by atoms with Crippen molar-refractivity contribution in [1.29, 1.82) is 0 Å². The van der Waals surface area contributed by atoms with Crippen molar-refractivity contribution in [2.24, 2.45) is 11.7 Å². The monoisotopic (exact) mass is 284 g/mol. The number of benzene rings is 1. The van der Waals surface area contributed by atoms with Crippen LogP contribution in [0.4, 0.5) is 5.69 Å². The number of hydrogen-bond donors (Lipinski definition) is 3. The van der Waals surface area contributed by atoms with Crippen molar-refractivity contribution < 1.29 is 4.79 Å². The van der Waals surface area contributed by atoms with Crippen LogP contribution in [0.1, 0.15) is 37.8 Å². The zero-order valence-electron chi connectivity index (χ0n) is 12.1. The molecule has 1 aromatic heterocycles. The second kappa shape index (κ2) is 5.69. The average Bonchev–Trinajstić information content (AvgIpc) is 2.94. The van der Waals surface area contributed by atoms with Crippen molar-refractivity contribution in [2.45, 2.75) is 32.2 Å². The van der Waals surface area contributed by atoms with Gasteiger partial charge < -0.3 is 11.1 Å². The normalized spacial score (nSPS) is 22.7. The van der Waals surface area contributed by atoms with Gasteiger partial charge in [-0.15, -0.1) is 0 Å². The molecule has 0 radical (unpaired) electrons. The number of rotatable bonds is 0. The molecule has 4 N–H and O–H groups in total. The van der Waals surface area contributed by atoms with Gasteiger partial charge in [0.25, 0.3) is 0 Å². The molecule has 0 saturated heterocycles. The van der Waals surface area contributed by atoms with Crippen molar-refractivity contribution >= 4 is 11.6 Å². The summed E-state index contributed by atoms with van der Waals surface area (Å²) in [6, 6.07) is 8.11. The molecule has 2 heterocycles. The average molecular weight is 284 g/mol. The molecule has 21 heavy (non-hydrogen) atoms. The zero-order chi connectivity index (χ0) is 14.8. The number of aromatic amines is 1. The highest BCUT2D eigenvalue weighted by Crippen LogP contribution is 2.30. The van der Waals surface area contributed by atoms with Crippen LogP contribution in [0.15, 0.2) is 30.5 Å². The second-order valence-electron chi connectivity index (χ2n) is 5.71. The smallest absolute Gasteiger partial charge is 0.227 e. The third-order valence-corrected chi connectivity index (χ3v) is 4.10. The molecule has 2 atom stereocenters. The van der Waals surface area contributed by atoms with Gasteiger partial charge in [-0.2, -0.15) is 5.10 Å². The number of aromatic nitrogens is 2. The molecular formula is C16H20N4O. The van der Waals surface area contributed by atoms with Crippen molar-refractivity contribution in [1.82, 2.24) is 10.2 Å². The quantitative estimate of drug-likeness (QED) is 0.695. The van der Waals surface area contributed by atoms with Crippen LogP contribution in [-0.4, -0.2) is 16.1 Å². The van der Waals surface area contributed by atoms with Gasteiger partial charge in [0.2, 0.25) is 5.91 Å². The van der Waals surface area contributed by atoms with E-state index in [1.807, 2.05) is 19.1 Å². The summed E-state index contributed by atoms with van der Waals surface area (Å²) in [5.74, 6) is 0.000618. The van der Waals surface area contributed by atoms with E-state index in [0.29, 0.717) is 0 Å². The molecule has 1 amide bonds.